The predicted molar refractivity (Wildman–Crippen MR) is 74.0 cm³/mol. The lowest BCUT2D eigenvalue weighted by atomic mass is 9.87. The van der Waals surface area contributed by atoms with E-state index < -0.39 is 0 Å². The Morgan fingerprint density at radius 2 is 1.89 bits per heavy atom. The molecular formula is C12H14BrN5O. The molecule has 0 saturated heterocycles. The Labute approximate surface area is 117 Å². The molecule has 0 atom stereocenters. The van der Waals surface area contributed by atoms with E-state index >= 15 is 0 Å². The fraction of sp³-hybridized carbons (Fsp3) is 0.583. The lowest BCUT2D eigenvalue weighted by molar-refractivity contribution is 0.264. The molecule has 2 saturated carbocycles. The van der Waals surface area contributed by atoms with Crippen LogP contribution in [0, 0.1) is 0 Å². The molecule has 2 heterocycles. The number of rotatable bonds is 2. The van der Waals surface area contributed by atoms with Crippen molar-refractivity contribution in [3.63, 3.8) is 0 Å². The normalized spacial score (nSPS) is 26.6. The molecule has 7 heteroatoms. The molecular weight excluding hydrogens is 310 g/mol. The lowest BCUT2D eigenvalue weighted by Crippen LogP contribution is -2.41. The second kappa shape index (κ2) is 3.89. The first-order valence-electron chi connectivity index (χ1n) is 6.55. The zero-order chi connectivity index (χ0) is 13.1. The van der Waals surface area contributed by atoms with Crippen LogP contribution < -0.4 is 11.4 Å². The first kappa shape index (κ1) is 11.6. The topological polar surface area (TPSA) is 78.7 Å². The molecule has 4 rings (SSSR count). The van der Waals surface area contributed by atoms with Crippen molar-refractivity contribution < 1.29 is 0 Å². The van der Waals surface area contributed by atoms with E-state index in [9.17, 15) is 4.79 Å². The van der Waals surface area contributed by atoms with E-state index in [1.54, 1.807) is 15.3 Å². The molecule has 2 fully saturated rings. The monoisotopic (exact) mass is 323 g/mol. The van der Waals surface area contributed by atoms with Gasteiger partial charge < -0.3 is 5.73 Å². The minimum Gasteiger partial charge on any atom is -0.328 e. The standard InChI is InChI=1S/C12H14BrN5O/c13-9-5-15-10-11(16-9)17(7-1-2-7)12(19)18(10)8-3-6(14)4-8/h5-8H,1-4,14H2. The third-order valence-corrected chi connectivity index (χ3v) is 4.38. The number of aromatic nitrogens is 4. The van der Waals surface area contributed by atoms with Crippen LogP contribution >= 0.6 is 15.9 Å². The molecule has 2 aromatic rings. The first-order chi connectivity index (χ1) is 9.15. The van der Waals surface area contributed by atoms with Gasteiger partial charge in [0.25, 0.3) is 0 Å². The Kier molecular flexibility index (Phi) is 2.38. The summed E-state index contributed by atoms with van der Waals surface area (Å²) < 4.78 is 4.25. The van der Waals surface area contributed by atoms with Crippen molar-refractivity contribution in [2.45, 2.75) is 43.8 Å². The summed E-state index contributed by atoms with van der Waals surface area (Å²) in [4.78, 5) is 21.4. The highest BCUT2D eigenvalue weighted by Gasteiger charge is 2.35. The van der Waals surface area contributed by atoms with Crippen LogP contribution in [-0.4, -0.2) is 25.1 Å². The summed E-state index contributed by atoms with van der Waals surface area (Å²) in [5.74, 6) is 0. The Balaban J connectivity index is 1.97. The molecule has 0 unspecified atom stereocenters. The molecule has 0 aliphatic heterocycles. The third-order valence-electron chi connectivity index (χ3n) is 4.00. The molecule has 0 aromatic carbocycles. The summed E-state index contributed by atoms with van der Waals surface area (Å²) in [7, 11) is 0. The summed E-state index contributed by atoms with van der Waals surface area (Å²) in [6.07, 6.45) is 5.45. The number of hydrogen-bond acceptors (Lipinski definition) is 4. The van der Waals surface area contributed by atoms with Gasteiger partial charge in [-0.15, -0.1) is 0 Å². The first-order valence-corrected chi connectivity index (χ1v) is 7.35. The summed E-state index contributed by atoms with van der Waals surface area (Å²) in [6, 6.07) is 0.689. The fourth-order valence-electron chi connectivity index (χ4n) is 2.81. The van der Waals surface area contributed by atoms with Gasteiger partial charge in [-0.05, 0) is 41.6 Å². The van der Waals surface area contributed by atoms with Gasteiger partial charge in [-0.1, -0.05) is 0 Å². The summed E-state index contributed by atoms with van der Waals surface area (Å²) in [6.45, 7) is 0. The van der Waals surface area contributed by atoms with E-state index in [2.05, 4.69) is 25.9 Å². The van der Waals surface area contributed by atoms with Gasteiger partial charge in [0.05, 0.1) is 6.20 Å². The molecule has 0 spiro atoms. The van der Waals surface area contributed by atoms with Gasteiger partial charge in [0.2, 0.25) is 0 Å². The van der Waals surface area contributed by atoms with Crippen LogP contribution in [0.2, 0.25) is 0 Å². The maximum Gasteiger partial charge on any atom is 0.332 e. The maximum absolute atomic E-state index is 12.6. The second-order valence-electron chi connectivity index (χ2n) is 5.48. The number of nitrogens with zero attached hydrogens (tertiary/aromatic N) is 4. The minimum atomic E-state index is 0.0208. The van der Waals surface area contributed by atoms with Crippen molar-refractivity contribution in [1.29, 1.82) is 0 Å². The predicted octanol–water partition coefficient (Wildman–Crippen LogP) is 1.35. The molecule has 0 radical (unpaired) electrons. The Morgan fingerprint density at radius 1 is 1.21 bits per heavy atom. The van der Waals surface area contributed by atoms with Crippen LogP contribution in [0.15, 0.2) is 15.6 Å². The Hall–Kier alpha value is -1.21. The molecule has 0 bridgehead atoms. The van der Waals surface area contributed by atoms with Gasteiger partial charge in [0, 0.05) is 18.1 Å². The largest absolute Gasteiger partial charge is 0.332 e. The fourth-order valence-corrected chi connectivity index (χ4v) is 3.08. The van der Waals surface area contributed by atoms with E-state index in [4.69, 9.17) is 5.73 Å². The zero-order valence-corrected chi connectivity index (χ0v) is 11.9. The van der Waals surface area contributed by atoms with Gasteiger partial charge in [-0.3, -0.25) is 9.13 Å². The van der Waals surface area contributed by atoms with Crippen LogP contribution in [0.5, 0.6) is 0 Å². The average molecular weight is 324 g/mol. The van der Waals surface area contributed by atoms with Crippen molar-refractivity contribution >= 4 is 27.2 Å². The van der Waals surface area contributed by atoms with E-state index in [0.29, 0.717) is 21.9 Å². The van der Waals surface area contributed by atoms with E-state index in [0.717, 1.165) is 25.7 Å². The number of hydrogen-bond donors (Lipinski definition) is 1. The summed E-state index contributed by atoms with van der Waals surface area (Å²) in [5, 5.41) is 0. The number of fused-ring (bicyclic) bond motifs is 1. The second-order valence-corrected chi connectivity index (χ2v) is 6.29. The third kappa shape index (κ3) is 1.68. The van der Waals surface area contributed by atoms with Gasteiger partial charge in [-0.2, -0.15) is 0 Å². The van der Waals surface area contributed by atoms with Gasteiger partial charge in [-0.25, -0.2) is 14.8 Å². The Morgan fingerprint density at radius 3 is 2.53 bits per heavy atom. The molecule has 6 nitrogen and oxygen atoms in total. The van der Waals surface area contributed by atoms with E-state index in [1.807, 2.05) is 0 Å². The van der Waals surface area contributed by atoms with Crippen molar-refractivity contribution in [3.8, 4) is 0 Å². The van der Waals surface area contributed by atoms with Crippen molar-refractivity contribution in [2.24, 2.45) is 5.73 Å². The van der Waals surface area contributed by atoms with E-state index in [1.165, 1.54) is 0 Å². The van der Waals surface area contributed by atoms with Crippen LogP contribution in [0.1, 0.15) is 37.8 Å². The highest BCUT2D eigenvalue weighted by atomic mass is 79.9. The quantitative estimate of drug-likeness (QED) is 0.904. The Bertz CT molecular complexity index is 711. The molecule has 2 aliphatic carbocycles. The van der Waals surface area contributed by atoms with Crippen LogP contribution in [0.3, 0.4) is 0 Å². The SMILES string of the molecule is NC1CC(n2c(=O)n(C3CC3)c3nc(Br)cnc32)C1. The number of nitrogens with two attached hydrogens (primary N) is 1. The van der Waals surface area contributed by atoms with Crippen LogP contribution in [0.4, 0.5) is 0 Å². The molecule has 19 heavy (non-hydrogen) atoms. The number of halogens is 1. The van der Waals surface area contributed by atoms with Crippen LogP contribution in [0.25, 0.3) is 11.3 Å². The minimum absolute atomic E-state index is 0.0208. The van der Waals surface area contributed by atoms with Gasteiger partial charge in [0.1, 0.15) is 4.60 Å². The molecule has 0 amide bonds. The van der Waals surface area contributed by atoms with Crippen LogP contribution in [-0.2, 0) is 0 Å². The molecule has 100 valence electrons. The van der Waals surface area contributed by atoms with Crippen molar-refractivity contribution in [1.82, 2.24) is 19.1 Å². The van der Waals surface area contributed by atoms with Gasteiger partial charge >= 0.3 is 5.69 Å². The average Bonchev–Trinajstić information content (AvgIpc) is 3.11. The zero-order valence-electron chi connectivity index (χ0n) is 10.3. The van der Waals surface area contributed by atoms with Gasteiger partial charge in [0.15, 0.2) is 11.3 Å². The maximum atomic E-state index is 12.6. The molecule has 2 N–H and O–H groups in total. The highest BCUT2D eigenvalue weighted by Crippen LogP contribution is 2.38. The van der Waals surface area contributed by atoms with E-state index in [-0.39, 0.29) is 17.8 Å². The number of imidazole rings is 1. The lowest BCUT2D eigenvalue weighted by Gasteiger charge is -2.32. The highest BCUT2D eigenvalue weighted by molar-refractivity contribution is 9.10. The molecule has 2 aliphatic rings. The van der Waals surface area contributed by atoms with Crippen molar-refractivity contribution in [2.75, 3.05) is 0 Å². The smallest absolute Gasteiger partial charge is 0.328 e. The summed E-state index contributed by atoms with van der Waals surface area (Å²) in [5.41, 5.74) is 7.25. The van der Waals surface area contributed by atoms with Crippen molar-refractivity contribution in [3.05, 3.63) is 21.3 Å². The summed E-state index contributed by atoms with van der Waals surface area (Å²) >= 11 is 3.33. The molecule has 2 aromatic heterocycles.